The van der Waals surface area contributed by atoms with E-state index in [0.717, 1.165) is 48.3 Å². The van der Waals surface area contributed by atoms with E-state index in [-0.39, 0.29) is 29.2 Å². The average Bonchev–Trinajstić information content (AvgIpc) is 3.73. The van der Waals surface area contributed by atoms with Crippen LogP contribution >= 0.6 is 15.9 Å². The Hall–Kier alpha value is -1.32. The third-order valence-corrected chi connectivity index (χ3v) is 17.3. The molecule has 0 heterocycles. The number of carboxylic acids is 1. The van der Waals surface area contributed by atoms with Gasteiger partial charge in [0.05, 0.1) is 170 Å². The van der Waals surface area contributed by atoms with Gasteiger partial charge in [-0.05, 0) is 104 Å². The van der Waals surface area contributed by atoms with Gasteiger partial charge in [-0.1, -0.05) is 81.5 Å². The summed E-state index contributed by atoms with van der Waals surface area (Å²) in [7, 11) is 0. The number of carboxylic acid groups (broad SMARTS) is 1. The second-order valence-corrected chi connectivity index (χ2v) is 22.5. The second-order valence-electron chi connectivity index (χ2n) is 21.5. The average molecular weight is 1110 g/mol. The van der Waals surface area contributed by atoms with Gasteiger partial charge in [-0.2, -0.15) is 0 Å². The number of fused-ring (bicyclic) bond motifs is 5. The molecule has 426 valence electrons. The molecule has 0 aromatic rings. The minimum Gasteiger partial charge on any atom is -0.481 e. The molecule has 4 rings (SSSR count). The van der Waals surface area contributed by atoms with Gasteiger partial charge in [0, 0.05) is 6.54 Å². The number of halogens is 1. The van der Waals surface area contributed by atoms with E-state index in [9.17, 15) is 9.59 Å². The van der Waals surface area contributed by atoms with Crippen LogP contribution in [0.3, 0.4) is 0 Å². The molecule has 0 spiro atoms. The zero-order valence-electron chi connectivity index (χ0n) is 45.9. The van der Waals surface area contributed by atoms with Crippen molar-refractivity contribution in [2.45, 2.75) is 116 Å². The van der Waals surface area contributed by atoms with E-state index >= 15 is 0 Å². The highest BCUT2D eigenvalue weighted by atomic mass is 79.9. The fourth-order valence-electron chi connectivity index (χ4n) is 12.2. The number of nitrogens with one attached hydrogen (secondary N) is 1. The van der Waals surface area contributed by atoms with Crippen LogP contribution in [0.1, 0.15) is 112 Å². The molecule has 17 heteroatoms. The summed E-state index contributed by atoms with van der Waals surface area (Å²) in [5.41, 5.74) is 2.44. The Labute approximate surface area is 448 Å². The Morgan fingerprint density at radius 2 is 1.03 bits per heavy atom. The molecule has 0 aromatic heterocycles. The van der Waals surface area contributed by atoms with E-state index in [1.54, 1.807) is 5.57 Å². The van der Waals surface area contributed by atoms with Crippen molar-refractivity contribution in [3.05, 3.63) is 11.6 Å². The van der Waals surface area contributed by atoms with E-state index in [4.69, 9.17) is 61.9 Å². The maximum Gasteiger partial charge on any atom is 0.305 e. The number of hydrogen-bond donors (Lipinski definition) is 2. The van der Waals surface area contributed by atoms with Crippen LogP contribution in [0.15, 0.2) is 11.6 Å². The lowest BCUT2D eigenvalue weighted by molar-refractivity contribution is -0.138. The molecular weight excluding hydrogens is 1010 g/mol. The van der Waals surface area contributed by atoms with Crippen molar-refractivity contribution in [2.24, 2.45) is 52.3 Å². The number of rotatable bonds is 46. The summed E-state index contributed by atoms with van der Waals surface area (Å²) in [6.45, 7) is 24.0. The molecule has 4 aliphatic carbocycles. The van der Waals surface area contributed by atoms with Gasteiger partial charge >= 0.3 is 5.97 Å². The van der Waals surface area contributed by atoms with E-state index in [1.807, 2.05) is 0 Å². The van der Waals surface area contributed by atoms with Crippen LogP contribution in [-0.4, -0.2) is 187 Å². The van der Waals surface area contributed by atoms with Crippen molar-refractivity contribution < 1.29 is 71.5 Å². The van der Waals surface area contributed by atoms with Gasteiger partial charge in [-0.25, -0.2) is 0 Å². The Kier molecular flexibility index (Phi) is 33.7. The van der Waals surface area contributed by atoms with E-state index in [0.29, 0.717) is 170 Å². The summed E-state index contributed by atoms with van der Waals surface area (Å²) < 4.78 is 66.0. The first-order valence-corrected chi connectivity index (χ1v) is 29.1. The number of carbonyl (C=O) groups is 2. The first kappa shape index (κ1) is 64.2. The summed E-state index contributed by atoms with van der Waals surface area (Å²) in [5.74, 6) is 4.57. The Balaban J connectivity index is 0.850. The number of hydrogen-bond acceptors (Lipinski definition) is 14. The van der Waals surface area contributed by atoms with Crippen molar-refractivity contribution >= 4 is 27.8 Å². The lowest BCUT2D eigenvalue weighted by Gasteiger charge is -2.58. The van der Waals surface area contributed by atoms with Crippen molar-refractivity contribution in [1.29, 1.82) is 0 Å². The van der Waals surface area contributed by atoms with E-state index in [2.05, 4.69) is 61.9 Å². The number of carbonyl (C=O) groups excluding carboxylic acids is 1. The van der Waals surface area contributed by atoms with Crippen LogP contribution in [-0.2, 0) is 66.4 Å². The Morgan fingerprint density at radius 3 is 1.47 bits per heavy atom. The van der Waals surface area contributed by atoms with Gasteiger partial charge in [0.2, 0.25) is 5.91 Å². The van der Waals surface area contributed by atoms with Crippen LogP contribution in [0.4, 0.5) is 0 Å². The molecule has 2 N–H and O–H groups in total. The van der Waals surface area contributed by atoms with Crippen molar-refractivity contribution in [1.82, 2.24) is 5.32 Å². The van der Waals surface area contributed by atoms with Gasteiger partial charge in [0.15, 0.2) is 0 Å². The molecule has 3 saturated carbocycles. The summed E-state index contributed by atoms with van der Waals surface area (Å²) in [4.78, 5) is 23.4. The third-order valence-electron chi connectivity index (χ3n) is 16.1. The molecule has 73 heavy (non-hydrogen) atoms. The predicted octanol–water partition coefficient (Wildman–Crippen LogP) is 8.20. The van der Waals surface area contributed by atoms with Crippen LogP contribution in [0, 0.1) is 52.3 Å². The maximum atomic E-state index is 13.2. The van der Waals surface area contributed by atoms with Gasteiger partial charge in [-0.15, -0.1) is 0 Å². The first-order valence-electron chi connectivity index (χ1n) is 28.2. The lowest BCUT2D eigenvalue weighted by atomic mass is 9.46. The van der Waals surface area contributed by atoms with E-state index < -0.39 is 5.97 Å². The zero-order valence-corrected chi connectivity index (χ0v) is 47.5. The highest BCUT2D eigenvalue weighted by Crippen LogP contribution is 2.67. The monoisotopic (exact) mass is 1110 g/mol. The molecule has 9 atom stereocenters. The van der Waals surface area contributed by atoms with Gasteiger partial charge in [0.1, 0.15) is 0 Å². The molecule has 0 saturated heterocycles. The highest BCUT2D eigenvalue weighted by molar-refractivity contribution is 9.10. The van der Waals surface area contributed by atoms with Crippen LogP contribution < -0.4 is 5.32 Å². The fraction of sp³-hybridized carbons (Fsp3) is 0.929. The predicted molar refractivity (Wildman–Crippen MR) is 284 cm³/mol. The first-order chi connectivity index (χ1) is 35.5. The standard InChI is InChI=1S/C56H100BrNO15/c1-44(2)7-6-8-45(3)49-11-12-50-48-10-9-47-43-46(13-16-55(47,4)51(48)14-17-56(49,50)5)53(57)54(61)58-18-20-63-22-24-65-26-28-67-30-32-69-34-36-71-38-40-73-42-41-72-39-37-70-35-33-68-31-29-66-27-25-64-23-21-62-19-15-52(59)60/h9,44-46,48-51,53H,6-8,10-43H2,1-5H3,(H,58,61)(H,59,60)/t45-,46?,48?,49-,50?,51?,53?,55+,56-/m1/s1. The SMILES string of the molecule is CC(C)CCC[C@@H](C)[C@H]1CCC2C3CC=C4CC(C(Br)C(=O)NCCOCCOCCOCCOCCOCCOCCOCCOCCOCCOCCOCCOCCC(=O)O)CC[C@]4(C)C3CC[C@@]21C. The molecule has 16 nitrogen and oxygen atoms in total. The van der Waals surface area contributed by atoms with Gasteiger partial charge in [0.25, 0.3) is 0 Å². The molecule has 4 aliphatic rings. The smallest absolute Gasteiger partial charge is 0.305 e. The van der Waals surface area contributed by atoms with Gasteiger partial charge in [-0.3, -0.25) is 9.59 Å². The molecule has 0 aromatic carbocycles. The summed E-state index contributed by atoms with van der Waals surface area (Å²) in [6.07, 6.45) is 17.0. The normalized spacial score (nSPS) is 25.5. The molecule has 0 radical (unpaired) electrons. The number of ether oxygens (including phenoxy) is 12. The van der Waals surface area contributed by atoms with Crippen LogP contribution in [0.5, 0.6) is 0 Å². The maximum absolute atomic E-state index is 13.2. The minimum absolute atomic E-state index is 0.00573. The highest BCUT2D eigenvalue weighted by Gasteiger charge is 2.59. The molecule has 3 fully saturated rings. The van der Waals surface area contributed by atoms with Crippen molar-refractivity contribution in [2.75, 3.05) is 165 Å². The summed E-state index contributed by atoms with van der Waals surface area (Å²) in [6, 6.07) is 0. The third kappa shape index (κ3) is 24.5. The Bertz CT molecular complexity index is 1480. The van der Waals surface area contributed by atoms with Crippen LogP contribution in [0.2, 0.25) is 0 Å². The molecule has 1 amide bonds. The van der Waals surface area contributed by atoms with Gasteiger partial charge < -0.3 is 67.3 Å². The fourth-order valence-corrected chi connectivity index (χ4v) is 12.8. The lowest BCUT2D eigenvalue weighted by Crippen LogP contribution is -2.51. The number of aliphatic carboxylic acids is 1. The quantitative estimate of drug-likeness (QED) is 0.0339. The molecular formula is C56H100BrNO15. The Morgan fingerprint density at radius 1 is 0.589 bits per heavy atom. The van der Waals surface area contributed by atoms with Crippen molar-refractivity contribution in [3.63, 3.8) is 0 Å². The van der Waals surface area contributed by atoms with E-state index in [1.165, 1.54) is 57.8 Å². The second kappa shape index (κ2) is 38.3. The molecule has 0 aliphatic heterocycles. The van der Waals surface area contributed by atoms with Crippen LogP contribution in [0.25, 0.3) is 0 Å². The molecule has 0 bridgehead atoms. The number of alkyl halides is 1. The summed E-state index contributed by atoms with van der Waals surface area (Å²) >= 11 is 3.83. The number of allylic oxidation sites excluding steroid dienone is 2. The minimum atomic E-state index is -0.875. The largest absolute Gasteiger partial charge is 0.481 e. The topological polar surface area (TPSA) is 177 Å². The van der Waals surface area contributed by atoms with Crippen molar-refractivity contribution in [3.8, 4) is 0 Å². The zero-order chi connectivity index (χ0) is 52.4. The molecule has 5 unspecified atom stereocenters. The summed E-state index contributed by atoms with van der Waals surface area (Å²) in [5, 5.41) is 11.6. The number of amides is 1.